The molecule has 0 aromatic heterocycles. The Balaban J connectivity index is 1.79. The van der Waals surface area contributed by atoms with Gasteiger partial charge in [-0.2, -0.15) is 0 Å². The normalized spacial score (nSPS) is 27.1. The SMILES string of the molecule is CCC1CN(C(=O)NC2CCCC2)CCO1. The van der Waals surface area contributed by atoms with Crippen LogP contribution in [0.25, 0.3) is 0 Å². The fourth-order valence-corrected chi connectivity index (χ4v) is 2.49. The second kappa shape index (κ2) is 5.53. The first-order chi connectivity index (χ1) is 7.79. The van der Waals surface area contributed by atoms with Gasteiger partial charge in [-0.3, -0.25) is 0 Å². The Morgan fingerprint density at radius 2 is 2.19 bits per heavy atom. The lowest BCUT2D eigenvalue weighted by atomic mass is 10.2. The van der Waals surface area contributed by atoms with E-state index in [2.05, 4.69) is 12.2 Å². The molecule has 2 fully saturated rings. The number of rotatable bonds is 2. The Kier molecular flexibility index (Phi) is 4.04. The van der Waals surface area contributed by atoms with E-state index in [9.17, 15) is 4.79 Å². The molecule has 2 amide bonds. The van der Waals surface area contributed by atoms with Crippen LogP contribution in [0.3, 0.4) is 0 Å². The maximum absolute atomic E-state index is 12.0. The first-order valence-corrected chi connectivity index (χ1v) is 6.46. The fraction of sp³-hybridized carbons (Fsp3) is 0.917. The molecule has 1 saturated carbocycles. The Morgan fingerprint density at radius 1 is 1.44 bits per heavy atom. The fourth-order valence-electron chi connectivity index (χ4n) is 2.49. The molecule has 4 nitrogen and oxygen atoms in total. The number of nitrogens with zero attached hydrogens (tertiary/aromatic N) is 1. The van der Waals surface area contributed by atoms with E-state index in [0.29, 0.717) is 12.6 Å². The molecular weight excluding hydrogens is 204 g/mol. The Labute approximate surface area is 97.3 Å². The molecule has 1 atom stereocenters. The van der Waals surface area contributed by atoms with Crippen molar-refractivity contribution in [1.82, 2.24) is 10.2 Å². The summed E-state index contributed by atoms with van der Waals surface area (Å²) in [5, 5.41) is 3.12. The molecular formula is C12H22N2O2. The third kappa shape index (κ3) is 2.88. The number of nitrogens with one attached hydrogen (secondary N) is 1. The minimum atomic E-state index is 0.105. The van der Waals surface area contributed by atoms with Crippen LogP contribution in [-0.4, -0.2) is 42.8 Å². The van der Waals surface area contributed by atoms with Gasteiger partial charge in [0.25, 0.3) is 0 Å². The predicted molar refractivity (Wildman–Crippen MR) is 62.4 cm³/mol. The lowest BCUT2D eigenvalue weighted by molar-refractivity contribution is -0.0156. The lowest BCUT2D eigenvalue weighted by Crippen LogP contribution is -2.51. The molecule has 0 aromatic rings. The number of morpholine rings is 1. The molecule has 1 aliphatic heterocycles. The topological polar surface area (TPSA) is 41.6 Å². The summed E-state index contributed by atoms with van der Waals surface area (Å²) in [4.78, 5) is 13.9. The zero-order valence-electron chi connectivity index (χ0n) is 10.1. The molecule has 1 unspecified atom stereocenters. The summed E-state index contributed by atoms with van der Waals surface area (Å²) in [5.74, 6) is 0. The second-order valence-electron chi connectivity index (χ2n) is 4.78. The molecule has 1 heterocycles. The van der Waals surface area contributed by atoms with E-state index in [-0.39, 0.29) is 12.1 Å². The number of hydrogen-bond donors (Lipinski definition) is 1. The highest BCUT2D eigenvalue weighted by Crippen LogP contribution is 2.18. The highest BCUT2D eigenvalue weighted by molar-refractivity contribution is 5.74. The summed E-state index contributed by atoms with van der Waals surface area (Å²) < 4.78 is 5.56. The van der Waals surface area contributed by atoms with Crippen molar-refractivity contribution in [3.63, 3.8) is 0 Å². The van der Waals surface area contributed by atoms with Crippen LogP contribution in [0.15, 0.2) is 0 Å². The van der Waals surface area contributed by atoms with Gasteiger partial charge < -0.3 is 15.0 Å². The van der Waals surface area contributed by atoms with Crippen LogP contribution < -0.4 is 5.32 Å². The van der Waals surface area contributed by atoms with Gasteiger partial charge in [-0.1, -0.05) is 19.8 Å². The van der Waals surface area contributed by atoms with Crippen LogP contribution >= 0.6 is 0 Å². The first-order valence-electron chi connectivity index (χ1n) is 6.46. The smallest absolute Gasteiger partial charge is 0.317 e. The van der Waals surface area contributed by atoms with Gasteiger partial charge in [-0.25, -0.2) is 4.79 Å². The Morgan fingerprint density at radius 3 is 2.88 bits per heavy atom. The molecule has 0 aromatic carbocycles. The molecule has 4 heteroatoms. The molecule has 2 rings (SSSR count). The van der Waals surface area contributed by atoms with Crippen LogP contribution in [0.1, 0.15) is 39.0 Å². The zero-order valence-corrected chi connectivity index (χ0v) is 10.1. The van der Waals surface area contributed by atoms with E-state index in [1.54, 1.807) is 0 Å². The van der Waals surface area contributed by atoms with Gasteiger partial charge in [0.1, 0.15) is 0 Å². The molecule has 2 aliphatic rings. The lowest BCUT2D eigenvalue weighted by Gasteiger charge is -2.33. The molecule has 0 spiro atoms. The van der Waals surface area contributed by atoms with Gasteiger partial charge in [0.2, 0.25) is 0 Å². The Hall–Kier alpha value is -0.770. The maximum Gasteiger partial charge on any atom is 0.317 e. The summed E-state index contributed by atoms with van der Waals surface area (Å²) in [5.41, 5.74) is 0. The average molecular weight is 226 g/mol. The number of carbonyl (C=O) groups is 1. The van der Waals surface area contributed by atoms with Crippen LogP contribution in [0.5, 0.6) is 0 Å². The first kappa shape index (κ1) is 11.7. The van der Waals surface area contributed by atoms with Gasteiger partial charge in [-0.05, 0) is 19.3 Å². The van der Waals surface area contributed by atoms with Gasteiger partial charge in [0.05, 0.1) is 12.7 Å². The van der Waals surface area contributed by atoms with Crippen molar-refractivity contribution in [2.75, 3.05) is 19.7 Å². The van der Waals surface area contributed by atoms with E-state index in [1.165, 1.54) is 12.8 Å². The maximum atomic E-state index is 12.0. The molecule has 0 radical (unpaired) electrons. The highest BCUT2D eigenvalue weighted by atomic mass is 16.5. The van der Waals surface area contributed by atoms with E-state index < -0.39 is 0 Å². The number of hydrogen-bond acceptors (Lipinski definition) is 2. The molecule has 1 N–H and O–H groups in total. The number of ether oxygens (including phenoxy) is 1. The van der Waals surface area contributed by atoms with Crippen LogP contribution in [0.2, 0.25) is 0 Å². The van der Waals surface area contributed by atoms with Gasteiger partial charge >= 0.3 is 6.03 Å². The minimum absolute atomic E-state index is 0.105. The number of carbonyl (C=O) groups excluding carboxylic acids is 1. The number of urea groups is 1. The summed E-state index contributed by atoms with van der Waals surface area (Å²) in [6, 6.07) is 0.518. The summed E-state index contributed by atoms with van der Waals surface area (Å²) in [6.07, 6.45) is 6.01. The largest absolute Gasteiger partial charge is 0.375 e. The van der Waals surface area contributed by atoms with Crippen LogP contribution in [-0.2, 0) is 4.74 Å². The van der Waals surface area contributed by atoms with Crippen molar-refractivity contribution in [2.24, 2.45) is 0 Å². The molecule has 1 aliphatic carbocycles. The monoisotopic (exact) mass is 226 g/mol. The van der Waals surface area contributed by atoms with Crippen LogP contribution in [0, 0.1) is 0 Å². The molecule has 1 saturated heterocycles. The third-order valence-corrected chi connectivity index (χ3v) is 3.56. The van der Waals surface area contributed by atoms with Crippen molar-refractivity contribution in [3.05, 3.63) is 0 Å². The van der Waals surface area contributed by atoms with Gasteiger partial charge in [0.15, 0.2) is 0 Å². The van der Waals surface area contributed by atoms with Gasteiger partial charge in [0, 0.05) is 19.1 Å². The summed E-state index contributed by atoms with van der Waals surface area (Å²) in [7, 11) is 0. The highest BCUT2D eigenvalue weighted by Gasteiger charge is 2.25. The quantitative estimate of drug-likeness (QED) is 0.779. The second-order valence-corrected chi connectivity index (χ2v) is 4.78. The van der Waals surface area contributed by atoms with Gasteiger partial charge in [-0.15, -0.1) is 0 Å². The molecule has 0 bridgehead atoms. The molecule has 92 valence electrons. The molecule has 16 heavy (non-hydrogen) atoms. The minimum Gasteiger partial charge on any atom is -0.375 e. The Bertz CT molecular complexity index is 239. The van der Waals surface area contributed by atoms with Crippen LogP contribution in [0.4, 0.5) is 4.79 Å². The number of amides is 2. The van der Waals surface area contributed by atoms with E-state index in [4.69, 9.17) is 4.74 Å². The average Bonchev–Trinajstić information content (AvgIpc) is 2.82. The van der Waals surface area contributed by atoms with Crippen molar-refractivity contribution in [1.29, 1.82) is 0 Å². The van der Waals surface area contributed by atoms with E-state index in [1.807, 2.05) is 4.90 Å². The van der Waals surface area contributed by atoms with Crippen molar-refractivity contribution < 1.29 is 9.53 Å². The summed E-state index contributed by atoms with van der Waals surface area (Å²) >= 11 is 0. The van der Waals surface area contributed by atoms with E-state index in [0.717, 1.165) is 32.4 Å². The predicted octanol–water partition coefficient (Wildman–Crippen LogP) is 1.75. The summed E-state index contributed by atoms with van der Waals surface area (Å²) in [6.45, 7) is 4.25. The van der Waals surface area contributed by atoms with Crippen molar-refractivity contribution in [2.45, 2.75) is 51.2 Å². The van der Waals surface area contributed by atoms with Crippen molar-refractivity contribution >= 4 is 6.03 Å². The van der Waals surface area contributed by atoms with Crippen molar-refractivity contribution in [3.8, 4) is 0 Å². The third-order valence-electron chi connectivity index (χ3n) is 3.56. The zero-order chi connectivity index (χ0) is 11.4. The van der Waals surface area contributed by atoms with E-state index >= 15 is 0 Å². The standard InChI is InChI=1S/C12H22N2O2/c1-2-11-9-14(7-8-16-11)12(15)13-10-5-3-4-6-10/h10-11H,2-9H2,1H3,(H,13,15).